The number of para-hydroxylation sites is 1. The van der Waals surface area contributed by atoms with Gasteiger partial charge in [-0.15, -0.1) is 0 Å². The van der Waals surface area contributed by atoms with Gasteiger partial charge in [0.15, 0.2) is 0 Å². The summed E-state index contributed by atoms with van der Waals surface area (Å²) in [5.74, 6) is 0.607. The third-order valence-electron chi connectivity index (χ3n) is 3.02. The van der Waals surface area contributed by atoms with Crippen molar-refractivity contribution >= 4 is 34.5 Å². The predicted octanol–water partition coefficient (Wildman–Crippen LogP) is 1.70. The molecule has 1 heterocycles. The number of hydrogen-bond donors (Lipinski definition) is 1. The molecule has 2 radical (unpaired) electrons. The van der Waals surface area contributed by atoms with E-state index in [0.717, 1.165) is 15.4 Å². The maximum atomic E-state index is 12.0. The first kappa shape index (κ1) is 12.2. The molecule has 5 heteroatoms. The van der Waals surface area contributed by atoms with Crippen molar-refractivity contribution in [3.05, 3.63) is 48.0 Å². The molecule has 0 saturated heterocycles. The van der Waals surface area contributed by atoms with Crippen molar-refractivity contribution in [2.24, 2.45) is 0 Å². The Morgan fingerprint density at radius 2 is 1.95 bits per heavy atom. The first-order valence-electron chi connectivity index (χ1n) is 5.81. The Hall–Kier alpha value is -1.85. The Balaban J connectivity index is 2.00. The number of aromatic hydroxyl groups is 1. The number of phenols is 1. The summed E-state index contributed by atoms with van der Waals surface area (Å²) in [5.41, 5.74) is 1.70. The number of carbonyl (C=O) groups excluding carboxylic acids is 1. The van der Waals surface area contributed by atoms with Crippen LogP contribution in [-0.4, -0.2) is 29.8 Å². The van der Waals surface area contributed by atoms with Crippen LogP contribution >= 0.6 is 0 Å². The molecule has 0 saturated carbocycles. The van der Waals surface area contributed by atoms with Gasteiger partial charge in [-0.05, 0) is 0 Å². The molecule has 1 N–H and O–H groups in total. The van der Waals surface area contributed by atoms with E-state index in [1.165, 1.54) is 24.7 Å². The summed E-state index contributed by atoms with van der Waals surface area (Å²) in [6.45, 7) is 0.454. The van der Waals surface area contributed by atoms with Crippen molar-refractivity contribution in [3.63, 3.8) is 0 Å². The van der Waals surface area contributed by atoms with E-state index in [4.69, 9.17) is 4.74 Å². The normalized spacial score (nSPS) is 13.9. The zero-order valence-electron chi connectivity index (χ0n) is 10.0. The van der Waals surface area contributed by atoms with Crippen LogP contribution in [0.5, 0.6) is 11.5 Å². The third-order valence-corrected chi connectivity index (χ3v) is 3.99. The van der Waals surface area contributed by atoms with Crippen LogP contribution in [0.1, 0.15) is 5.56 Å². The first-order chi connectivity index (χ1) is 9.15. The molecule has 0 spiro atoms. The summed E-state index contributed by atoms with van der Waals surface area (Å²) in [6, 6.07) is 12.8. The van der Waals surface area contributed by atoms with E-state index in [2.05, 4.69) is 0 Å². The van der Waals surface area contributed by atoms with Gasteiger partial charge in [-0.1, -0.05) is 0 Å². The van der Waals surface area contributed by atoms with Gasteiger partial charge in [-0.2, -0.15) is 0 Å². The molecule has 3 rings (SSSR count). The van der Waals surface area contributed by atoms with Gasteiger partial charge in [0.1, 0.15) is 0 Å². The summed E-state index contributed by atoms with van der Waals surface area (Å²) in [5, 5.41) is 9.66. The van der Waals surface area contributed by atoms with Crippen LogP contribution in [0.25, 0.3) is 0 Å². The number of phenolic OH excluding ortho intramolecular Hbond substituents is 1. The number of carbonyl (C=O) groups is 1. The van der Waals surface area contributed by atoms with Crippen molar-refractivity contribution in [1.29, 1.82) is 0 Å². The molecule has 19 heavy (non-hydrogen) atoms. The first-order valence-corrected chi connectivity index (χ1v) is 7.02. The fraction of sp³-hybridized carbons (Fsp3) is 0.0714. The molecule has 0 aromatic heterocycles. The molecule has 1 amide bonds. The molecule has 4 nitrogen and oxygen atoms in total. The standard InChI is InChI=1S/C14H10NO3.Ga/c16-12-7-6-10-9-15(11-4-2-1-3-5-11)14(17)18-13(10)8-12;/h1-6,8,16H,9H2;. The zero-order chi connectivity index (χ0) is 13.4. The second-order valence-corrected chi connectivity index (χ2v) is 5.61. The minimum absolute atomic E-state index is 0.166. The van der Waals surface area contributed by atoms with Gasteiger partial charge >= 0.3 is 120 Å². The number of nitrogens with zero attached hydrogens (tertiary/aromatic N) is 1. The molecule has 0 bridgehead atoms. The van der Waals surface area contributed by atoms with Gasteiger partial charge in [0, 0.05) is 0 Å². The minimum atomic E-state index is -0.424. The van der Waals surface area contributed by atoms with Crippen LogP contribution in [0.15, 0.2) is 42.5 Å². The molecule has 1 aliphatic heterocycles. The van der Waals surface area contributed by atoms with E-state index in [1.54, 1.807) is 4.90 Å². The fourth-order valence-corrected chi connectivity index (χ4v) is 2.64. The third kappa shape index (κ3) is 2.22. The van der Waals surface area contributed by atoms with E-state index in [1.807, 2.05) is 36.4 Å². The van der Waals surface area contributed by atoms with Crippen LogP contribution in [-0.2, 0) is 6.54 Å². The number of anilines is 1. The Kier molecular flexibility index (Phi) is 3.00. The molecule has 92 valence electrons. The van der Waals surface area contributed by atoms with E-state index in [0.29, 0.717) is 12.3 Å². The maximum absolute atomic E-state index is 12.0. The van der Waals surface area contributed by atoms with Crippen LogP contribution in [0.4, 0.5) is 10.5 Å². The van der Waals surface area contributed by atoms with Gasteiger partial charge in [-0.25, -0.2) is 0 Å². The van der Waals surface area contributed by atoms with Crippen LogP contribution < -0.4 is 13.8 Å². The Morgan fingerprint density at radius 3 is 2.68 bits per heavy atom. The van der Waals surface area contributed by atoms with E-state index < -0.39 is 6.09 Å². The monoisotopic (exact) mass is 309 g/mol. The molecule has 0 atom stereocenters. The van der Waals surface area contributed by atoms with E-state index in [-0.39, 0.29) is 5.75 Å². The van der Waals surface area contributed by atoms with Crippen molar-refractivity contribution in [1.82, 2.24) is 0 Å². The average molecular weight is 310 g/mol. The zero-order valence-corrected chi connectivity index (χ0v) is 12.5. The van der Waals surface area contributed by atoms with Gasteiger partial charge < -0.3 is 0 Å². The second kappa shape index (κ2) is 4.68. The molecule has 0 aliphatic carbocycles. The molecule has 0 fully saturated rings. The number of amides is 1. The van der Waals surface area contributed by atoms with Crippen molar-refractivity contribution in [3.8, 4) is 11.5 Å². The summed E-state index contributed by atoms with van der Waals surface area (Å²) in [4.78, 5) is 13.6. The van der Waals surface area contributed by atoms with Crippen molar-refractivity contribution < 1.29 is 14.6 Å². The van der Waals surface area contributed by atoms with Crippen LogP contribution in [0.2, 0.25) is 0 Å². The van der Waals surface area contributed by atoms with Gasteiger partial charge in [0.05, 0.1) is 0 Å². The Labute approximate surface area is 120 Å². The second-order valence-electron chi connectivity index (χ2n) is 4.31. The summed E-state index contributed by atoms with van der Waals surface area (Å²) < 4.78 is 6.10. The molecule has 2 aromatic rings. The van der Waals surface area contributed by atoms with Crippen LogP contribution in [0.3, 0.4) is 0 Å². The van der Waals surface area contributed by atoms with Gasteiger partial charge in [0.2, 0.25) is 0 Å². The molecule has 1 aliphatic rings. The molecule has 2 aromatic carbocycles. The Morgan fingerprint density at radius 1 is 1.21 bits per heavy atom. The topological polar surface area (TPSA) is 49.8 Å². The van der Waals surface area contributed by atoms with Crippen LogP contribution in [0, 0.1) is 0 Å². The Bertz CT molecular complexity index is 643. The van der Waals surface area contributed by atoms with E-state index >= 15 is 0 Å². The summed E-state index contributed by atoms with van der Waals surface area (Å²) in [7, 11) is 0. The quantitative estimate of drug-likeness (QED) is 0.816. The molecular weight excluding hydrogens is 300 g/mol. The molecule has 0 unspecified atom stereocenters. The van der Waals surface area contributed by atoms with Gasteiger partial charge in [-0.3, -0.25) is 0 Å². The number of benzene rings is 2. The summed E-state index contributed by atoms with van der Waals surface area (Å²) >= 11 is 1.34. The number of fused-ring (bicyclic) bond motifs is 1. The van der Waals surface area contributed by atoms with Crippen molar-refractivity contribution in [2.75, 3.05) is 4.90 Å². The van der Waals surface area contributed by atoms with Crippen molar-refractivity contribution in [2.45, 2.75) is 6.54 Å². The average Bonchev–Trinajstić information content (AvgIpc) is 2.41. The van der Waals surface area contributed by atoms with Gasteiger partial charge in [0.25, 0.3) is 0 Å². The summed E-state index contributed by atoms with van der Waals surface area (Å²) in [6.07, 6.45) is -0.424. The number of hydrogen-bond acceptors (Lipinski definition) is 3. The fourth-order valence-electron chi connectivity index (χ4n) is 2.04. The number of ether oxygens (including phenoxy) is 1. The number of rotatable bonds is 1. The molecular formula is C14H10GaNO3. The predicted molar refractivity (Wildman–Crippen MR) is 72.1 cm³/mol. The SMILES string of the molecule is O=C1Oc2cc(O)[c]([Ga])cc2CN1c1ccccc1. The van der Waals surface area contributed by atoms with E-state index in [9.17, 15) is 9.90 Å².